The zero-order valence-corrected chi connectivity index (χ0v) is 9.54. The number of rotatable bonds is 4. The van der Waals surface area contributed by atoms with Crippen LogP contribution in [-0.4, -0.2) is 29.9 Å². The minimum Gasteiger partial charge on any atom is -0.355 e. The summed E-state index contributed by atoms with van der Waals surface area (Å²) in [5.41, 5.74) is 0.191. The Labute approximate surface area is 98.2 Å². The van der Waals surface area contributed by atoms with Gasteiger partial charge in [-0.05, 0) is 19.1 Å². The highest BCUT2D eigenvalue weighted by atomic mass is 35.5. The van der Waals surface area contributed by atoms with Gasteiger partial charge in [0.25, 0.3) is 5.91 Å². The van der Waals surface area contributed by atoms with Crippen LogP contribution in [0.15, 0.2) is 18.2 Å². The number of carbonyl (C=O) groups is 2. The molecule has 1 heterocycles. The van der Waals surface area contributed by atoms with Crippen molar-refractivity contribution in [3.05, 3.63) is 29.0 Å². The van der Waals surface area contributed by atoms with Gasteiger partial charge < -0.3 is 10.6 Å². The summed E-state index contributed by atoms with van der Waals surface area (Å²) in [4.78, 5) is 26.4. The van der Waals surface area contributed by atoms with E-state index in [1.807, 2.05) is 0 Å². The normalized spacial score (nSPS) is 9.62. The van der Waals surface area contributed by atoms with Crippen LogP contribution in [0, 0.1) is 0 Å². The molecule has 0 unspecified atom stereocenters. The van der Waals surface area contributed by atoms with Gasteiger partial charge in [0.1, 0.15) is 10.8 Å². The van der Waals surface area contributed by atoms with Gasteiger partial charge in [-0.3, -0.25) is 9.59 Å². The summed E-state index contributed by atoms with van der Waals surface area (Å²) in [6.45, 7) is 2.27. The highest BCUT2D eigenvalue weighted by molar-refractivity contribution is 6.29. The predicted molar refractivity (Wildman–Crippen MR) is 60.3 cm³/mol. The van der Waals surface area contributed by atoms with E-state index in [1.54, 1.807) is 19.1 Å². The molecule has 6 heteroatoms. The van der Waals surface area contributed by atoms with E-state index in [2.05, 4.69) is 15.6 Å². The van der Waals surface area contributed by atoms with Crippen molar-refractivity contribution in [1.82, 2.24) is 15.6 Å². The summed E-state index contributed by atoms with van der Waals surface area (Å²) in [6, 6.07) is 4.72. The van der Waals surface area contributed by atoms with Crippen molar-refractivity contribution >= 4 is 23.4 Å². The van der Waals surface area contributed by atoms with Crippen LogP contribution < -0.4 is 10.6 Å². The van der Waals surface area contributed by atoms with Crippen molar-refractivity contribution in [2.75, 3.05) is 13.1 Å². The molecule has 2 N–H and O–H groups in total. The van der Waals surface area contributed by atoms with Gasteiger partial charge in [0.2, 0.25) is 5.91 Å². The molecule has 0 radical (unpaired) electrons. The number of aromatic nitrogens is 1. The number of carbonyl (C=O) groups excluding carboxylic acids is 2. The van der Waals surface area contributed by atoms with Crippen LogP contribution >= 0.6 is 11.6 Å². The lowest BCUT2D eigenvalue weighted by atomic mass is 10.3. The monoisotopic (exact) mass is 241 g/mol. The number of pyridine rings is 1. The number of nitrogens with zero attached hydrogens (tertiary/aromatic N) is 1. The molecule has 1 aromatic rings. The molecule has 0 aliphatic carbocycles. The second-order valence-corrected chi connectivity index (χ2v) is 3.37. The zero-order valence-electron chi connectivity index (χ0n) is 8.79. The lowest BCUT2D eigenvalue weighted by molar-refractivity contribution is -0.120. The van der Waals surface area contributed by atoms with Gasteiger partial charge in [0.15, 0.2) is 0 Å². The molecule has 0 aliphatic heterocycles. The largest absolute Gasteiger partial charge is 0.355 e. The SMILES string of the molecule is CCNC(=O)CNC(=O)c1cccc(Cl)n1. The maximum Gasteiger partial charge on any atom is 0.270 e. The fraction of sp³-hybridized carbons (Fsp3) is 0.300. The summed E-state index contributed by atoms with van der Waals surface area (Å²) < 4.78 is 0. The minimum absolute atomic E-state index is 0.0686. The van der Waals surface area contributed by atoms with Crippen molar-refractivity contribution in [3.63, 3.8) is 0 Å². The average molecular weight is 242 g/mol. The standard InChI is InChI=1S/C10H12ClN3O2/c1-2-12-9(15)6-13-10(16)7-4-3-5-8(11)14-7/h3-5H,2,6H2,1H3,(H,12,15)(H,13,16). The minimum atomic E-state index is -0.422. The molecular weight excluding hydrogens is 230 g/mol. The summed E-state index contributed by atoms with van der Waals surface area (Å²) >= 11 is 5.63. The van der Waals surface area contributed by atoms with Crippen LogP contribution in [-0.2, 0) is 4.79 Å². The molecule has 0 spiro atoms. The highest BCUT2D eigenvalue weighted by Crippen LogP contribution is 2.04. The first-order valence-electron chi connectivity index (χ1n) is 4.81. The lowest BCUT2D eigenvalue weighted by Crippen LogP contribution is -2.37. The molecule has 86 valence electrons. The highest BCUT2D eigenvalue weighted by Gasteiger charge is 2.08. The summed E-state index contributed by atoms with van der Waals surface area (Å²) in [5.74, 6) is -0.661. The Hall–Kier alpha value is -1.62. The molecule has 2 amide bonds. The van der Waals surface area contributed by atoms with Crippen molar-refractivity contribution < 1.29 is 9.59 Å². The second kappa shape index (κ2) is 6.07. The van der Waals surface area contributed by atoms with E-state index in [4.69, 9.17) is 11.6 Å². The van der Waals surface area contributed by atoms with Gasteiger partial charge in [-0.25, -0.2) is 4.98 Å². The van der Waals surface area contributed by atoms with Gasteiger partial charge in [-0.15, -0.1) is 0 Å². The van der Waals surface area contributed by atoms with Gasteiger partial charge >= 0.3 is 0 Å². The molecule has 0 saturated heterocycles. The number of halogens is 1. The molecule has 0 aliphatic rings. The first kappa shape index (κ1) is 12.4. The Morgan fingerprint density at radius 2 is 2.12 bits per heavy atom. The number of likely N-dealkylation sites (N-methyl/N-ethyl adjacent to an activating group) is 1. The Bertz CT molecular complexity index is 395. The van der Waals surface area contributed by atoms with Crippen molar-refractivity contribution in [3.8, 4) is 0 Å². The number of nitrogens with one attached hydrogen (secondary N) is 2. The van der Waals surface area contributed by atoms with E-state index >= 15 is 0 Å². The first-order chi connectivity index (χ1) is 7.63. The van der Waals surface area contributed by atoms with Crippen LogP contribution in [0.5, 0.6) is 0 Å². The molecular formula is C10H12ClN3O2. The topological polar surface area (TPSA) is 71.1 Å². The smallest absolute Gasteiger partial charge is 0.270 e. The van der Waals surface area contributed by atoms with E-state index in [0.717, 1.165) is 0 Å². The van der Waals surface area contributed by atoms with Crippen molar-refractivity contribution in [2.45, 2.75) is 6.92 Å². The Morgan fingerprint density at radius 1 is 1.38 bits per heavy atom. The van der Waals surface area contributed by atoms with Gasteiger partial charge in [-0.2, -0.15) is 0 Å². The summed E-state index contributed by atoms with van der Waals surface area (Å²) in [5, 5.41) is 5.24. The molecule has 16 heavy (non-hydrogen) atoms. The maximum atomic E-state index is 11.5. The average Bonchev–Trinajstić information content (AvgIpc) is 2.26. The van der Waals surface area contributed by atoms with E-state index in [0.29, 0.717) is 6.54 Å². The quantitative estimate of drug-likeness (QED) is 0.759. The van der Waals surface area contributed by atoms with Gasteiger partial charge in [-0.1, -0.05) is 17.7 Å². The molecule has 0 bridgehead atoms. The van der Waals surface area contributed by atoms with Crippen LogP contribution in [0.25, 0.3) is 0 Å². The number of amides is 2. The third-order valence-electron chi connectivity index (χ3n) is 1.73. The fourth-order valence-electron chi connectivity index (χ4n) is 1.05. The third kappa shape index (κ3) is 3.86. The Balaban J connectivity index is 2.50. The maximum absolute atomic E-state index is 11.5. The summed E-state index contributed by atoms with van der Waals surface area (Å²) in [7, 11) is 0. The molecule has 5 nitrogen and oxygen atoms in total. The van der Waals surface area contributed by atoms with Crippen molar-refractivity contribution in [2.24, 2.45) is 0 Å². The Morgan fingerprint density at radius 3 is 2.75 bits per heavy atom. The van der Waals surface area contributed by atoms with Gasteiger partial charge in [0.05, 0.1) is 6.54 Å². The molecule has 0 aromatic carbocycles. The molecule has 0 atom stereocenters. The van der Waals surface area contributed by atoms with Crippen LogP contribution in [0.4, 0.5) is 0 Å². The number of hydrogen-bond acceptors (Lipinski definition) is 3. The first-order valence-corrected chi connectivity index (χ1v) is 5.18. The fourth-order valence-corrected chi connectivity index (χ4v) is 1.21. The van der Waals surface area contributed by atoms with Gasteiger partial charge in [0, 0.05) is 6.54 Å². The third-order valence-corrected chi connectivity index (χ3v) is 1.94. The van der Waals surface area contributed by atoms with Crippen LogP contribution in [0.2, 0.25) is 5.15 Å². The van der Waals surface area contributed by atoms with Crippen molar-refractivity contribution in [1.29, 1.82) is 0 Å². The summed E-state index contributed by atoms with van der Waals surface area (Å²) in [6.07, 6.45) is 0. The lowest BCUT2D eigenvalue weighted by Gasteiger charge is -2.04. The van der Waals surface area contributed by atoms with E-state index in [1.165, 1.54) is 6.07 Å². The van der Waals surface area contributed by atoms with E-state index in [9.17, 15) is 9.59 Å². The zero-order chi connectivity index (χ0) is 12.0. The van der Waals surface area contributed by atoms with E-state index in [-0.39, 0.29) is 23.3 Å². The predicted octanol–water partition coefficient (Wildman–Crippen LogP) is 0.601. The van der Waals surface area contributed by atoms with Crippen LogP contribution in [0.3, 0.4) is 0 Å². The Kier molecular flexibility index (Phi) is 4.72. The second-order valence-electron chi connectivity index (χ2n) is 2.98. The van der Waals surface area contributed by atoms with Crippen LogP contribution in [0.1, 0.15) is 17.4 Å². The number of hydrogen-bond donors (Lipinski definition) is 2. The molecule has 0 fully saturated rings. The van der Waals surface area contributed by atoms with E-state index < -0.39 is 5.91 Å². The molecule has 0 saturated carbocycles. The molecule has 1 aromatic heterocycles. The molecule has 1 rings (SSSR count).